The minimum Gasteiger partial charge on any atom is -0.480 e. The largest absolute Gasteiger partial charge is 0.480 e. The van der Waals surface area contributed by atoms with Crippen LogP contribution in [0.5, 0.6) is 0 Å². The van der Waals surface area contributed by atoms with Crippen LogP contribution in [0.1, 0.15) is 91.7 Å². The SMILES string of the molecule is CC(C)C[C@@H](NC(=O)[C@H](Cc1ccccc1)NC(=O)[C@@H](CC(C)C)NC(=O)[C@H](CCCCN)NC(=O)OC(C)(C)C)C(=O)N[C@@H](Cc1ccccc1)C(=O)O. The van der Waals surface area contributed by atoms with Gasteiger partial charge in [0, 0.05) is 12.8 Å². The fourth-order valence-electron chi connectivity index (χ4n) is 5.82. The van der Waals surface area contributed by atoms with Crippen molar-refractivity contribution >= 4 is 35.7 Å². The monoisotopic (exact) mass is 766 g/mol. The average molecular weight is 767 g/mol. The summed E-state index contributed by atoms with van der Waals surface area (Å²) < 4.78 is 5.37. The van der Waals surface area contributed by atoms with E-state index in [-0.39, 0.29) is 43.9 Å². The molecule has 14 heteroatoms. The Morgan fingerprint density at radius 3 is 1.42 bits per heavy atom. The van der Waals surface area contributed by atoms with Crippen molar-refractivity contribution in [2.75, 3.05) is 6.54 Å². The Kier molecular flexibility index (Phi) is 19.4. The molecule has 2 aromatic rings. The predicted octanol–water partition coefficient (Wildman–Crippen LogP) is 3.61. The van der Waals surface area contributed by atoms with Crippen LogP contribution in [-0.2, 0) is 41.6 Å². The summed E-state index contributed by atoms with van der Waals surface area (Å²) in [5, 5.41) is 23.5. The molecule has 0 saturated carbocycles. The molecule has 0 saturated heterocycles. The molecule has 0 aromatic heterocycles. The second-order valence-electron chi connectivity index (χ2n) is 15.7. The average Bonchev–Trinajstić information content (AvgIpc) is 3.09. The number of rotatable bonds is 22. The van der Waals surface area contributed by atoms with Crippen molar-refractivity contribution in [3.05, 3.63) is 71.8 Å². The molecular formula is C41H62N6O8. The number of carbonyl (C=O) groups is 6. The highest BCUT2D eigenvalue weighted by atomic mass is 16.6. The first-order chi connectivity index (χ1) is 25.9. The van der Waals surface area contributed by atoms with Crippen LogP contribution in [0, 0.1) is 11.8 Å². The van der Waals surface area contributed by atoms with Gasteiger partial charge in [0.2, 0.25) is 23.6 Å². The maximum absolute atomic E-state index is 14.1. The number of amides is 5. The molecule has 0 radical (unpaired) electrons. The number of benzene rings is 2. The third-order valence-electron chi connectivity index (χ3n) is 8.45. The van der Waals surface area contributed by atoms with Crippen LogP contribution in [0.2, 0.25) is 0 Å². The highest BCUT2D eigenvalue weighted by Gasteiger charge is 2.33. The number of nitrogens with one attached hydrogen (secondary N) is 5. The zero-order valence-corrected chi connectivity index (χ0v) is 33.4. The summed E-state index contributed by atoms with van der Waals surface area (Å²) >= 11 is 0. The lowest BCUT2D eigenvalue weighted by molar-refractivity contribution is -0.142. The minimum absolute atomic E-state index is 0.0427. The molecule has 0 unspecified atom stereocenters. The summed E-state index contributed by atoms with van der Waals surface area (Å²) in [6.07, 6.45) is 1.15. The molecule has 0 aliphatic heterocycles. The van der Waals surface area contributed by atoms with Crippen molar-refractivity contribution in [2.24, 2.45) is 17.6 Å². The Bertz CT molecular complexity index is 1530. The number of carboxylic acids is 1. The van der Waals surface area contributed by atoms with Crippen LogP contribution < -0.4 is 32.3 Å². The van der Waals surface area contributed by atoms with E-state index in [1.54, 1.807) is 75.4 Å². The van der Waals surface area contributed by atoms with Gasteiger partial charge < -0.3 is 42.2 Å². The van der Waals surface area contributed by atoms with Crippen molar-refractivity contribution in [2.45, 2.75) is 129 Å². The zero-order valence-electron chi connectivity index (χ0n) is 33.4. The van der Waals surface area contributed by atoms with E-state index in [9.17, 15) is 33.9 Å². The molecular weight excluding hydrogens is 704 g/mol. The van der Waals surface area contributed by atoms with Gasteiger partial charge in [-0.3, -0.25) is 19.2 Å². The number of alkyl carbamates (subject to hydrolysis) is 1. The third-order valence-corrected chi connectivity index (χ3v) is 8.45. The lowest BCUT2D eigenvalue weighted by atomic mass is 9.99. The quantitative estimate of drug-likeness (QED) is 0.0870. The number of unbranched alkanes of at least 4 members (excludes halogenated alkanes) is 1. The maximum Gasteiger partial charge on any atom is 0.408 e. The van der Waals surface area contributed by atoms with E-state index in [4.69, 9.17) is 10.5 Å². The van der Waals surface area contributed by atoms with Crippen LogP contribution in [-0.4, -0.2) is 83.2 Å². The Hall–Kier alpha value is -4.98. The summed E-state index contributed by atoms with van der Waals surface area (Å²) in [7, 11) is 0. The van der Waals surface area contributed by atoms with Crippen LogP contribution in [0.3, 0.4) is 0 Å². The van der Waals surface area contributed by atoms with Crippen molar-refractivity contribution in [3.8, 4) is 0 Å². The van der Waals surface area contributed by atoms with Crippen molar-refractivity contribution in [3.63, 3.8) is 0 Å². The zero-order chi connectivity index (χ0) is 41.1. The number of hydrogen-bond donors (Lipinski definition) is 7. The van der Waals surface area contributed by atoms with Crippen LogP contribution >= 0.6 is 0 Å². The third kappa shape index (κ3) is 18.3. The van der Waals surface area contributed by atoms with Crippen LogP contribution in [0.15, 0.2) is 60.7 Å². The first-order valence-electron chi connectivity index (χ1n) is 19.1. The van der Waals surface area contributed by atoms with E-state index < -0.39 is 71.5 Å². The van der Waals surface area contributed by atoms with Gasteiger partial charge in [-0.2, -0.15) is 0 Å². The van der Waals surface area contributed by atoms with E-state index in [2.05, 4.69) is 26.6 Å². The molecule has 0 spiro atoms. The maximum atomic E-state index is 14.1. The van der Waals surface area contributed by atoms with Crippen LogP contribution in [0.25, 0.3) is 0 Å². The van der Waals surface area contributed by atoms with E-state index in [1.165, 1.54) is 0 Å². The minimum atomic E-state index is -1.24. The second-order valence-corrected chi connectivity index (χ2v) is 15.7. The van der Waals surface area contributed by atoms with Gasteiger partial charge in [0.05, 0.1) is 0 Å². The van der Waals surface area contributed by atoms with E-state index in [0.29, 0.717) is 19.4 Å². The molecule has 14 nitrogen and oxygen atoms in total. The highest BCUT2D eigenvalue weighted by molar-refractivity contribution is 5.96. The van der Waals surface area contributed by atoms with Gasteiger partial charge in [0.1, 0.15) is 35.8 Å². The number of carboxylic acid groups (broad SMARTS) is 1. The van der Waals surface area contributed by atoms with Crippen molar-refractivity contribution < 1.29 is 38.6 Å². The standard InChI is InChI=1S/C41H62N6O8/c1-26(2)22-31(43-35(48)30(20-14-15-21-42)47-40(54)55-41(5,6)7)36(49)45-33(24-28-16-10-8-11-17-28)38(51)44-32(23-27(3)4)37(50)46-34(39(52)53)25-29-18-12-9-13-19-29/h8-13,16-19,26-27,30-34H,14-15,20-25,42H2,1-7H3,(H,43,48)(H,44,51)(H,45,49)(H,46,50)(H,47,54)(H,52,53)/t30-,31+,32+,33-,34-/m0/s1. The van der Waals surface area contributed by atoms with Crippen LogP contribution in [0.4, 0.5) is 4.79 Å². The van der Waals surface area contributed by atoms with Gasteiger partial charge in [-0.1, -0.05) is 88.4 Å². The normalized spacial score (nSPS) is 14.1. The number of nitrogens with two attached hydrogens (primary N) is 1. The first-order valence-corrected chi connectivity index (χ1v) is 19.1. The van der Waals surface area contributed by atoms with Gasteiger partial charge in [0.25, 0.3) is 0 Å². The molecule has 0 bridgehead atoms. The smallest absolute Gasteiger partial charge is 0.408 e. The number of hydrogen-bond acceptors (Lipinski definition) is 8. The molecule has 2 rings (SSSR count). The first kappa shape index (κ1) is 46.2. The Morgan fingerprint density at radius 1 is 0.600 bits per heavy atom. The topological polar surface area (TPSA) is 218 Å². The lowest BCUT2D eigenvalue weighted by Gasteiger charge is -2.28. The summed E-state index contributed by atoms with van der Waals surface area (Å²) in [6.45, 7) is 13.0. The highest BCUT2D eigenvalue weighted by Crippen LogP contribution is 2.13. The summed E-state index contributed by atoms with van der Waals surface area (Å²) in [5.41, 5.74) is 6.31. The van der Waals surface area contributed by atoms with E-state index in [0.717, 1.165) is 11.1 Å². The molecule has 0 fully saturated rings. The lowest BCUT2D eigenvalue weighted by Crippen LogP contribution is -2.59. The molecule has 0 aliphatic rings. The summed E-state index contributed by atoms with van der Waals surface area (Å²) in [4.78, 5) is 80.2. The molecule has 0 aliphatic carbocycles. The Morgan fingerprint density at radius 2 is 1.00 bits per heavy atom. The molecule has 304 valence electrons. The van der Waals surface area contributed by atoms with Crippen molar-refractivity contribution in [1.29, 1.82) is 0 Å². The fraction of sp³-hybridized carbons (Fsp3) is 0.561. The van der Waals surface area contributed by atoms with Gasteiger partial charge >= 0.3 is 12.1 Å². The van der Waals surface area contributed by atoms with Gasteiger partial charge in [-0.15, -0.1) is 0 Å². The van der Waals surface area contributed by atoms with E-state index >= 15 is 0 Å². The fourth-order valence-corrected chi connectivity index (χ4v) is 5.82. The molecule has 8 N–H and O–H groups in total. The second kappa shape index (κ2) is 23.1. The molecule has 0 heterocycles. The molecule has 5 amide bonds. The van der Waals surface area contributed by atoms with E-state index in [1.807, 2.05) is 33.8 Å². The Labute approximate surface area is 325 Å². The molecule has 5 atom stereocenters. The van der Waals surface area contributed by atoms with Crippen molar-refractivity contribution in [1.82, 2.24) is 26.6 Å². The number of ether oxygens (including phenoxy) is 1. The van der Waals surface area contributed by atoms with Gasteiger partial charge in [-0.05, 0) is 82.4 Å². The molecule has 55 heavy (non-hydrogen) atoms. The number of carbonyl (C=O) groups excluding carboxylic acids is 5. The Balaban J connectivity index is 2.35. The van der Waals surface area contributed by atoms with Gasteiger partial charge in [0.15, 0.2) is 0 Å². The summed E-state index contributed by atoms with van der Waals surface area (Å²) in [5.74, 6) is -3.88. The predicted molar refractivity (Wildman–Crippen MR) is 211 cm³/mol. The molecule has 2 aromatic carbocycles. The summed E-state index contributed by atoms with van der Waals surface area (Å²) in [6, 6.07) is 12.3. The number of aliphatic carboxylic acids is 1. The van der Waals surface area contributed by atoms with Gasteiger partial charge in [-0.25, -0.2) is 9.59 Å².